The first-order valence-electron chi connectivity index (χ1n) is 8.97. The third kappa shape index (κ3) is 3.23. The topological polar surface area (TPSA) is 29.3 Å². The summed E-state index contributed by atoms with van der Waals surface area (Å²) in [6.07, 6.45) is 6.33. The zero-order valence-corrected chi connectivity index (χ0v) is 14.6. The lowest BCUT2D eigenvalue weighted by Crippen LogP contribution is -2.46. The van der Waals surface area contributed by atoms with Crippen molar-refractivity contribution >= 4 is 0 Å². The van der Waals surface area contributed by atoms with Crippen molar-refractivity contribution in [2.24, 2.45) is 11.1 Å². The van der Waals surface area contributed by atoms with Gasteiger partial charge < -0.3 is 10.6 Å². The summed E-state index contributed by atoms with van der Waals surface area (Å²) in [5.41, 5.74) is 10.2. The van der Waals surface area contributed by atoms with E-state index in [1.807, 2.05) is 0 Å². The Bertz CT molecular complexity index is 507. The molecule has 1 aromatic rings. The van der Waals surface area contributed by atoms with Crippen molar-refractivity contribution in [3.05, 3.63) is 35.4 Å². The van der Waals surface area contributed by atoms with E-state index in [4.69, 9.17) is 5.73 Å². The van der Waals surface area contributed by atoms with E-state index in [1.165, 1.54) is 50.9 Å². The first kappa shape index (κ1) is 16.0. The second-order valence-electron chi connectivity index (χ2n) is 8.67. The molecule has 1 aromatic carbocycles. The number of piperidine rings is 1. The van der Waals surface area contributed by atoms with E-state index in [-0.39, 0.29) is 6.04 Å². The largest absolute Gasteiger partial charge is 0.324 e. The predicted molar refractivity (Wildman–Crippen MR) is 94.0 cm³/mol. The lowest BCUT2D eigenvalue weighted by atomic mass is 9.64. The summed E-state index contributed by atoms with van der Waals surface area (Å²) in [7, 11) is 0. The molecule has 2 aliphatic rings. The van der Waals surface area contributed by atoms with Crippen LogP contribution in [0.25, 0.3) is 0 Å². The van der Waals surface area contributed by atoms with E-state index in [1.54, 1.807) is 5.56 Å². The average Bonchev–Trinajstić information content (AvgIpc) is 2.50. The lowest BCUT2D eigenvalue weighted by molar-refractivity contribution is 0.129. The molecule has 2 heteroatoms. The first-order valence-corrected chi connectivity index (χ1v) is 8.97. The molecule has 2 N–H and O–H groups in total. The van der Waals surface area contributed by atoms with Gasteiger partial charge in [-0.05, 0) is 73.7 Å². The van der Waals surface area contributed by atoms with E-state index in [9.17, 15) is 0 Å². The van der Waals surface area contributed by atoms with Gasteiger partial charge in [0.15, 0.2) is 0 Å². The van der Waals surface area contributed by atoms with Gasteiger partial charge in [0.2, 0.25) is 0 Å². The van der Waals surface area contributed by atoms with Gasteiger partial charge in [-0.1, -0.05) is 45.0 Å². The maximum Gasteiger partial charge on any atom is 0.0298 e. The second kappa shape index (κ2) is 5.98. The van der Waals surface area contributed by atoms with Gasteiger partial charge in [-0.15, -0.1) is 0 Å². The fourth-order valence-corrected chi connectivity index (χ4v) is 4.24. The van der Waals surface area contributed by atoms with Gasteiger partial charge >= 0.3 is 0 Å². The SMILES string of the molecule is CC(C)(C)CCN1CCC2(CCC(N)c3ccccc32)CC1. The zero-order valence-electron chi connectivity index (χ0n) is 14.6. The van der Waals surface area contributed by atoms with Crippen LogP contribution in [0.3, 0.4) is 0 Å². The highest BCUT2D eigenvalue weighted by molar-refractivity contribution is 5.39. The molecule has 1 aliphatic carbocycles. The Morgan fingerprint density at radius 1 is 1.14 bits per heavy atom. The van der Waals surface area contributed by atoms with E-state index in [0.29, 0.717) is 10.8 Å². The molecule has 0 aromatic heterocycles. The molecule has 22 heavy (non-hydrogen) atoms. The quantitative estimate of drug-likeness (QED) is 0.884. The first-order chi connectivity index (χ1) is 10.4. The molecule has 1 fully saturated rings. The van der Waals surface area contributed by atoms with Crippen molar-refractivity contribution in [3.63, 3.8) is 0 Å². The van der Waals surface area contributed by atoms with Crippen LogP contribution >= 0.6 is 0 Å². The Balaban J connectivity index is 1.69. The summed E-state index contributed by atoms with van der Waals surface area (Å²) in [6, 6.07) is 9.20. The molecule has 0 radical (unpaired) electrons. The lowest BCUT2D eigenvalue weighted by Gasteiger charge is -2.47. The minimum absolute atomic E-state index is 0.251. The number of hydrogen-bond acceptors (Lipinski definition) is 2. The summed E-state index contributed by atoms with van der Waals surface area (Å²) in [5.74, 6) is 0. The van der Waals surface area contributed by atoms with Gasteiger partial charge in [-0.25, -0.2) is 0 Å². The van der Waals surface area contributed by atoms with Crippen molar-refractivity contribution in [2.75, 3.05) is 19.6 Å². The Labute approximate surface area is 136 Å². The number of benzene rings is 1. The minimum Gasteiger partial charge on any atom is -0.324 e. The van der Waals surface area contributed by atoms with Crippen molar-refractivity contribution in [3.8, 4) is 0 Å². The average molecular weight is 300 g/mol. The van der Waals surface area contributed by atoms with Crippen LogP contribution in [0.5, 0.6) is 0 Å². The van der Waals surface area contributed by atoms with Gasteiger partial charge in [0.1, 0.15) is 0 Å². The maximum atomic E-state index is 6.35. The summed E-state index contributed by atoms with van der Waals surface area (Å²) >= 11 is 0. The van der Waals surface area contributed by atoms with Crippen molar-refractivity contribution in [1.82, 2.24) is 4.90 Å². The highest BCUT2D eigenvalue weighted by Crippen LogP contribution is 2.47. The van der Waals surface area contributed by atoms with Gasteiger partial charge in [0.25, 0.3) is 0 Å². The molecule has 1 heterocycles. The smallest absolute Gasteiger partial charge is 0.0298 e. The number of nitrogens with two attached hydrogens (primary N) is 1. The maximum absolute atomic E-state index is 6.35. The van der Waals surface area contributed by atoms with Crippen molar-refractivity contribution in [2.45, 2.75) is 64.3 Å². The fraction of sp³-hybridized carbons (Fsp3) is 0.700. The van der Waals surface area contributed by atoms with Crippen molar-refractivity contribution < 1.29 is 0 Å². The summed E-state index contributed by atoms with van der Waals surface area (Å²) in [6.45, 7) is 10.8. The Morgan fingerprint density at radius 3 is 2.50 bits per heavy atom. The minimum atomic E-state index is 0.251. The molecule has 0 bridgehead atoms. The van der Waals surface area contributed by atoms with Crippen LogP contribution in [0.4, 0.5) is 0 Å². The second-order valence-corrected chi connectivity index (χ2v) is 8.67. The molecule has 2 nitrogen and oxygen atoms in total. The van der Waals surface area contributed by atoms with Gasteiger partial charge in [0, 0.05) is 6.04 Å². The molecule has 1 aliphatic heterocycles. The molecular formula is C20H32N2. The molecule has 0 saturated carbocycles. The summed E-state index contributed by atoms with van der Waals surface area (Å²) < 4.78 is 0. The van der Waals surface area contributed by atoms with Crippen LogP contribution in [-0.2, 0) is 5.41 Å². The number of hydrogen-bond donors (Lipinski definition) is 1. The number of likely N-dealkylation sites (tertiary alicyclic amines) is 1. The summed E-state index contributed by atoms with van der Waals surface area (Å²) in [5, 5.41) is 0. The molecule has 1 unspecified atom stereocenters. The normalized spacial score (nSPS) is 25.2. The predicted octanol–water partition coefficient (Wildman–Crippen LogP) is 4.25. The van der Waals surface area contributed by atoms with Gasteiger partial charge in [-0.3, -0.25) is 0 Å². The van der Waals surface area contributed by atoms with Crippen LogP contribution in [0.2, 0.25) is 0 Å². The van der Waals surface area contributed by atoms with E-state index in [2.05, 4.69) is 49.9 Å². The highest BCUT2D eigenvalue weighted by atomic mass is 15.1. The number of nitrogens with zero attached hydrogens (tertiary/aromatic N) is 1. The van der Waals surface area contributed by atoms with Crippen molar-refractivity contribution in [1.29, 1.82) is 0 Å². The molecule has 3 rings (SSSR count). The molecule has 1 saturated heterocycles. The number of fused-ring (bicyclic) bond motifs is 2. The number of rotatable bonds is 2. The van der Waals surface area contributed by atoms with Crippen LogP contribution < -0.4 is 5.73 Å². The standard InChI is InChI=1S/C20H32N2/c1-19(2,3)10-13-22-14-11-20(12-15-22)9-8-18(21)16-6-4-5-7-17(16)20/h4-7,18H,8-15,21H2,1-3H3. The third-order valence-corrected chi connectivity index (χ3v) is 5.86. The monoisotopic (exact) mass is 300 g/mol. The Hall–Kier alpha value is -0.860. The van der Waals surface area contributed by atoms with Crippen LogP contribution in [0.1, 0.15) is 70.0 Å². The summed E-state index contributed by atoms with van der Waals surface area (Å²) in [4.78, 5) is 2.67. The Morgan fingerprint density at radius 2 is 1.82 bits per heavy atom. The molecule has 1 atom stereocenters. The van der Waals surface area contributed by atoms with E-state index < -0.39 is 0 Å². The molecule has 122 valence electrons. The fourth-order valence-electron chi connectivity index (χ4n) is 4.24. The van der Waals surface area contributed by atoms with Gasteiger partial charge in [0.05, 0.1) is 0 Å². The third-order valence-electron chi connectivity index (χ3n) is 5.86. The van der Waals surface area contributed by atoms with Crippen LogP contribution in [-0.4, -0.2) is 24.5 Å². The van der Waals surface area contributed by atoms with Crippen LogP contribution in [0.15, 0.2) is 24.3 Å². The zero-order chi connectivity index (χ0) is 15.8. The highest BCUT2D eigenvalue weighted by Gasteiger charge is 2.40. The van der Waals surface area contributed by atoms with Gasteiger partial charge in [-0.2, -0.15) is 0 Å². The van der Waals surface area contributed by atoms with E-state index >= 15 is 0 Å². The molecular weight excluding hydrogens is 268 g/mol. The molecule has 1 spiro atoms. The molecule has 0 amide bonds. The van der Waals surface area contributed by atoms with E-state index in [0.717, 1.165) is 6.42 Å². The Kier molecular flexibility index (Phi) is 4.35. The van der Waals surface area contributed by atoms with Crippen LogP contribution in [0, 0.1) is 5.41 Å².